The van der Waals surface area contributed by atoms with Gasteiger partial charge in [0.15, 0.2) is 5.43 Å². The molecule has 8 heteroatoms. The first-order chi connectivity index (χ1) is 18.9. The van der Waals surface area contributed by atoms with E-state index >= 15 is 0 Å². The van der Waals surface area contributed by atoms with E-state index in [0.29, 0.717) is 29.2 Å². The van der Waals surface area contributed by atoms with Crippen LogP contribution in [0.4, 0.5) is 10.1 Å². The molecule has 5 rings (SSSR count). The zero-order valence-corrected chi connectivity index (χ0v) is 21.7. The van der Waals surface area contributed by atoms with Gasteiger partial charge in [0.05, 0.1) is 35.8 Å². The number of carbonyl (C=O) groups is 2. The summed E-state index contributed by atoms with van der Waals surface area (Å²) in [5.74, 6) is -0.985. The summed E-state index contributed by atoms with van der Waals surface area (Å²) in [6.45, 7) is 4.68. The minimum atomic E-state index is -0.834. The lowest BCUT2D eigenvalue weighted by Crippen LogP contribution is -2.29. The number of fused-ring (bicyclic) bond motifs is 2. The third-order valence-corrected chi connectivity index (χ3v) is 6.70. The van der Waals surface area contributed by atoms with Gasteiger partial charge in [-0.2, -0.15) is 0 Å². The number of hydrogen-bond donors (Lipinski definition) is 0. The maximum Gasteiger partial charge on any atom is 0.338 e. The van der Waals surface area contributed by atoms with Crippen LogP contribution >= 0.6 is 0 Å². The van der Waals surface area contributed by atoms with Crippen LogP contribution in [0.5, 0.6) is 5.75 Å². The molecule has 39 heavy (non-hydrogen) atoms. The molecule has 0 saturated heterocycles. The van der Waals surface area contributed by atoms with Crippen LogP contribution in [0.15, 0.2) is 75.9 Å². The lowest BCUT2D eigenvalue weighted by atomic mass is 9.98. The molecule has 1 aromatic heterocycles. The average Bonchev–Trinajstić information content (AvgIpc) is 3.24. The van der Waals surface area contributed by atoms with Crippen molar-refractivity contribution in [3.63, 3.8) is 0 Å². The molecule has 7 nitrogen and oxygen atoms in total. The lowest BCUT2D eigenvalue weighted by Gasteiger charge is -2.25. The van der Waals surface area contributed by atoms with E-state index in [1.165, 1.54) is 17.0 Å². The lowest BCUT2D eigenvalue weighted by molar-refractivity contribution is 0.0526. The third kappa shape index (κ3) is 5.02. The standard InChI is InChI=1S/C31H28FNO6/c1-3-5-6-17-38-23-14-9-19(10-15-23)27-26-28(34)24-18-21(32)11-16-25(24)39-29(26)30(35)33(27)22-12-7-20(8-13-22)31(36)37-4-2/h7-16,18,27H,3-6,17H2,1-2H3. The molecule has 0 radical (unpaired) electrons. The van der Waals surface area contributed by atoms with Crippen LogP contribution < -0.4 is 15.1 Å². The highest BCUT2D eigenvalue weighted by Gasteiger charge is 2.43. The monoisotopic (exact) mass is 529 g/mol. The fourth-order valence-corrected chi connectivity index (χ4v) is 4.79. The first-order valence-corrected chi connectivity index (χ1v) is 13.0. The second-order valence-electron chi connectivity index (χ2n) is 9.28. The van der Waals surface area contributed by atoms with Crippen LogP contribution in [-0.4, -0.2) is 25.1 Å². The molecule has 3 aromatic carbocycles. The van der Waals surface area contributed by atoms with Gasteiger partial charge in [0.1, 0.15) is 17.1 Å². The third-order valence-electron chi connectivity index (χ3n) is 6.70. The Morgan fingerprint density at radius 1 is 0.974 bits per heavy atom. The van der Waals surface area contributed by atoms with E-state index in [0.717, 1.165) is 25.3 Å². The molecule has 200 valence electrons. The van der Waals surface area contributed by atoms with Gasteiger partial charge in [0.2, 0.25) is 5.76 Å². The molecule has 0 saturated carbocycles. The number of halogens is 1. The minimum absolute atomic E-state index is 0.0573. The second-order valence-corrected chi connectivity index (χ2v) is 9.28. The Morgan fingerprint density at radius 2 is 1.72 bits per heavy atom. The average molecular weight is 530 g/mol. The first kappa shape index (κ1) is 26.2. The zero-order chi connectivity index (χ0) is 27.5. The van der Waals surface area contributed by atoms with Gasteiger partial charge in [-0.25, -0.2) is 9.18 Å². The smallest absolute Gasteiger partial charge is 0.338 e. The number of hydrogen-bond acceptors (Lipinski definition) is 6. The summed E-state index contributed by atoms with van der Waals surface area (Å²) in [7, 11) is 0. The van der Waals surface area contributed by atoms with E-state index in [9.17, 15) is 18.8 Å². The molecule has 4 aromatic rings. The maximum absolute atomic E-state index is 14.0. The van der Waals surface area contributed by atoms with Crippen molar-refractivity contribution >= 4 is 28.5 Å². The van der Waals surface area contributed by atoms with Crippen LogP contribution in [0.25, 0.3) is 11.0 Å². The number of benzene rings is 3. The first-order valence-electron chi connectivity index (χ1n) is 13.0. The maximum atomic E-state index is 14.0. The van der Waals surface area contributed by atoms with E-state index in [2.05, 4.69) is 6.92 Å². The largest absolute Gasteiger partial charge is 0.494 e. The zero-order valence-electron chi connectivity index (χ0n) is 21.7. The van der Waals surface area contributed by atoms with Crippen LogP contribution in [0.3, 0.4) is 0 Å². The van der Waals surface area contributed by atoms with E-state index < -0.39 is 29.2 Å². The molecule has 1 aliphatic rings. The molecule has 2 heterocycles. The van der Waals surface area contributed by atoms with Crippen molar-refractivity contribution in [2.75, 3.05) is 18.1 Å². The molecule has 1 unspecified atom stereocenters. The van der Waals surface area contributed by atoms with Gasteiger partial charge in [0, 0.05) is 5.69 Å². The molecular weight excluding hydrogens is 501 g/mol. The molecular formula is C31H28FNO6. The molecule has 1 atom stereocenters. The Balaban J connectivity index is 1.59. The Bertz CT molecular complexity index is 1580. The van der Waals surface area contributed by atoms with E-state index in [4.69, 9.17) is 13.9 Å². The summed E-state index contributed by atoms with van der Waals surface area (Å²) in [4.78, 5) is 41.0. The number of anilines is 1. The summed E-state index contributed by atoms with van der Waals surface area (Å²) < 4.78 is 30.8. The highest BCUT2D eigenvalue weighted by molar-refractivity contribution is 6.10. The van der Waals surface area contributed by atoms with Crippen molar-refractivity contribution < 1.29 is 27.9 Å². The fourth-order valence-electron chi connectivity index (χ4n) is 4.79. The SMILES string of the molecule is CCCCCOc1ccc(C2c3c(oc4ccc(F)cc4c3=O)C(=O)N2c2ccc(C(=O)OCC)cc2)cc1. The van der Waals surface area contributed by atoms with Crippen LogP contribution in [-0.2, 0) is 4.74 Å². The summed E-state index contributed by atoms with van der Waals surface area (Å²) in [6.07, 6.45) is 3.12. The van der Waals surface area contributed by atoms with Gasteiger partial charge >= 0.3 is 5.97 Å². The number of unbranched alkanes of at least 4 members (excludes halogenated alkanes) is 2. The molecule has 0 aliphatic carbocycles. The van der Waals surface area contributed by atoms with Crippen molar-refractivity contribution in [3.8, 4) is 5.75 Å². The van der Waals surface area contributed by atoms with Gasteiger partial charge in [0.25, 0.3) is 5.91 Å². The fraction of sp³-hybridized carbons (Fsp3) is 0.258. The molecule has 0 fully saturated rings. The summed E-state index contributed by atoms with van der Waals surface area (Å²) >= 11 is 0. The van der Waals surface area contributed by atoms with E-state index in [-0.39, 0.29) is 28.9 Å². The predicted molar refractivity (Wildman–Crippen MR) is 145 cm³/mol. The van der Waals surface area contributed by atoms with Crippen molar-refractivity contribution in [1.29, 1.82) is 0 Å². The number of rotatable bonds is 9. The highest BCUT2D eigenvalue weighted by atomic mass is 19.1. The number of carbonyl (C=O) groups excluding carboxylic acids is 2. The summed E-state index contributed by atoms with van der Waals surface area (Å²) in [6, 6.07) is 16.4. The van der Waals surface area contributed by atoms with Crippen LogP contribution in [0.1, 0.15) is 71.2 Å². The molecule has 1 aliphatic heterocycles. The van der Waals surface area contributed by atoms with Gasteiger partial charge in [-0.3, -0.25) is 14.5 Å². The topological polar surface area (TPSA) is 86.0 Å². The van der Waals surface area contributed by atoms with Crippen molar-refractivity contribution in [1.82, 2.24) is 0 Å². The Hall–Kier alpha value is -4.46. The Labute approximate surface area is 224 Å². The number of ether oxygens (including phenoxy) is 2. The summed E-state index contributed by atoms with van der Waals surface area (Å²) in [5.41, 5.74) is 1.22. The molecule has 0 spiro atoms. The number of nitrogens with zero attached hydrogens (tertiary/aromatic N) is 1. The van der Waals surface area contributed by atoms with Crippen LogP contribution in [0, 0.1) is 5.82 Å². The molecule has 1 amide bonds. The Kier molecular flexibility index (Phi) is 7.45. The van der Waals surface area contributed by atoms with Crippen LogP contribution in [0.2, 0.25) is 0 Å². The number of amides is 1. The van der Waals surface area contributed by atoms with Gasteiger partial charge in [-0.1, -0.05) is 31.9 Å². The molecule has 0 bridgehead atoms. The highest BCUT2D eigenvalue weighted by Crippen LogP contribution is 2.41. The van der Waals surface area contributed by atoms with Gasteiger partial charge < -0.3 is 13.9 Å². The number of esters is 1. The van der Waals surface area contributed by atoms with E-state index in [1.807, 2.05) is 0 Å². The van der Waals surface area contributed by atoms with E-state index in [1.54, 1.807) is 55.5 Å². The minimum Gasteiger partial charge on any atom is -0.494 e. The second kappa shape index (κ2) is 11.1. The predicted octanol–water partition coefficient (Wildman–Crippen LogP) is 6.43. The van der Waals surface area contributed by atoms with Crippen molar-refractivity contribution in [3.05, 3.63) is 105 Å². The quantitative estimate of drug-likeness (QED) is 0.184. The normalized spacial score (nSPS) is 14.5. The summed E-state index contributed by atoms with van der Waals surface area (Å²) in [5, 5.41) is 0.0573. The van der Waals surface area contributed by atoms with Crippen molar-refractivity contribution in [2.45, 2.75) is 39.2 Å². The van der Waals surface area contributed by atoms with Gasteiger partial charge in [-0.05, 0) is 73.5 Å². The molecule has 0 N–H and O–H groups in total. The van der Waals surface area contributed by atoms with Gasteiger partial charge in [-0.15, -0.1) is 0 Å². The Morgan fingerprint density at radius 3 is 2.41 bits per heavy atom. The van der Waals surface area contributed by atoms with Crippen molar-refractivity contribution in [2.24, 2.45) is 0 Å².